The van der Waals surface area contributed by atoms with Gasteiger partial charge in [0.2, 0.25) is 0 Å². The number of likely N-dealkylation sites (tertiary alicyclic amines) is 1. The van der Waals surface area contributed by atoms with Crippen molar-refractivity contribution < 1.29 is 27.9 Å². The van der Waals surface area contributed by atoms with Crippen molar-refractivity contribution in [1.82, 2.24) is 4.90 Å². The zero-order valence-corrected chi connectivity index (χ0v) is 17.6. The Morgan fingerprint density at radius 1 is 1.00 bits per heavy atom. The zero-order chi connectivity index (χ0) is 21.8. The Hall–Kier alpha value is -2.87. The fraction of sp³-hybridized carbons (Fsp3) is 0.391. The topological polar surface area (TPSA) is 101 Å². The van der Waals surface area contributed by atoms with Gasteiger partial charge in [-0.3, -0.25) is 4.79 Å². The predicted molar refractivity (Wildman–Crippen MR) is 113 cm³/mol. The van der Waals surface area contributed by atoms with E-state index in [1.165, 1.54) is 4.90 Å². The Labute approximate surface area is 180 Å². The fourth-order valence-electron chi connectivity index (χ4n) is 5.45. The van der Waals surface area contributed by atoms with Gasteiger partial charge >= 0.3 is 12.1 Å². The molecule has 5 rings (SSSR count). The summed E-state index contributed by atoms with van der Waals surface area (Å²) in [5.74, 6) is -2.00. The Morgan fingerprint density at radius 2 is 1.61 bits per heavy atom. The Morgan fingerprint density at radius 3 is 2.23 bits per heavy atom. The lowest BCUT2D eigenvalue weighted by molar-refractivity contribution is -0.138. The number of aliphatic carboxylic acids is 1. The average molecular weight is 442 g/mol. The molecule has 2 fully saturated rings. The number of rotatable bonds is 4. The van der Waals surface area contributed by atoms with Gasteiger partial charge in [0.25, 0.3) is 0 Å². The van der Waals surface area contributed by atoms with Gasteiger partial charge in [-0.2, -0.15) is 0 Å². The number of amides is 1. The van der Waals surface area contributed by atoms with Gasteiger partial charge in [0, 0.05) is 25.4 Å². The number of carboxylic acid groups (broad SMARTS) is 1. The fourth-order valence-corrected chi connectivity index (χ4v) is 7.90. The summed E-state index contributed by atoms with van der Waals surface area (Å²) in [4.78, 5) is 25.3. The van der Waals surface area contributed by atoms with Gasteiger partial charge in [0.15, 0.2) is 9.84 Å². The van der Waals surface area contributed by atoms with Crippen LogP contribution in [0.5, 0.6) is 0 Å². The summed E-state index contributed by atoms with van der Waals surface area (Å²) in [6, 6.07) is 16.1. The molecule has 8 heteroatoms. The SMILES string of the molecule is O=C(O)C[C@@H]1CS(=O)(=O)[C@H]2CN(C(=O)OCC3c4ccccc4-c4ccccc43)C[C@@H]12. The number of carboxylic acids is 1. The number of hydrogen-bond donors (Lipinski definition) is 1. The van der Waals surface area contributed by atoms with Crippen molar-refractivity contribution >= 4 is 21.9 Å². The minimum absolute atomic E-state index is 0.0676. The maximum atomic E-state index is 12.8. The van der Waals surface area contributed by atoms with Crippen LogP contribution in [0.3, 0.4) is 0 Å². The molecule has 0 spiro atoms. The number of nitrogens with zero attached hydrogens (tertiary/aromatic N) is 1. The lowest BCUT2D eigenvalue weighted by Crippen LogP contribution is -2.34. The molecular weight excluding hydrogens is 418 g/mol. The predicted octanol–water partition coefficient (Wildman–Crippen LogP) is 2.76. The van der Waals surface area contributed by atoms with Gasteiger partial charge < -0.3 is 14.7 Å². The summed E-state index contributed by atoms with van der Waals surface area (Å²) in [7, 11) is -3.41. The minimum Gasteiger partial charge on any atom is -0.481 e. The first kappa shape index (κ1) is 20.1. The second kappa shape index (κ2) is 7.37. The van der Waals surface area contributed by atoms with Gasteiger partial charge in [-0.1, -0.05) is 48.5 Å². The molecule has 0 saturated carbocycles. The summed E-state index contributed by atoms with van der Waals surface area (Å²) in [5, 5.41) is 8.41. The Bertz CT molecular complexity index is 1110. The van der Waals surface area contributed by atoms with Crippen LogP contribution in [0.4, 0.5) is 4.79 Å². The summed E-state index contributed by atoms with van der Waals surface area (Å²) >= 11 is 0. The maximum absolute atomic E-state index is 12.8. The van der Waals surface area contributed by atoms with Crippen LogP contribution in [0.2, 0.25) is 0 Å². The molecule has 0 bridgehead atoms. The van der Waals surface area contributed by atoms with Crippen molar-refractivity contribution in [3.05, 3.63) is 59.7 Å². The molecule has 2 heterocycles. The van der Waals surface area contributed by atoms with Gasteiger partial charge in [0.1, 0.15) is 6.61 Å². The smallest absolute Gasteiger partial charge is 0.409 e. The van der Waals surface area contributed by atoms with Crippen LogP contribution in [0.1, 0.15) is 23.5 Å². The molecule has 0 unspecified atom stereocenters. The molecule has 2 aliphatic heterocycles. The van der Waals surface area contributed by atoms with Crippen LogP contribution >= 0.6 is 0 Å². The number of ether oxygens (including phenoxy) is 1. The molecule has 7 nitrogen and oxygen atoms in total. The van der Waals surface area contributed by atoms with Crippen LogP contribution in [0.25, 0.3) is 11.1 Å². The number of hydrogen-bond acceptors (Lipinski definition) is 5. The summed E-state index contributed by atoms with van der Waals surface area (Å²) < 4.78 is 30.6. The normalized spacial score (nSPS) is 25.7. The van der Waals surface area contributed by atoms with Crippen LogP contribution in [-0.2, 0) is 19.4 Å². The first-order chi connectivity index (χ1) is 14.8. The van der Waals surface area contributed by atoms with Crippen LogP contribution in [0.15, 0.2) is 48.5 Å². The maximum Gasteiger partial charge on any atom is 0.409 e. The molecule has 1 aliphatic carbocycles. The number of fused-ring (bicyclic) bond motifs is 4. The van der Waals surface area contributed by atoms with Gasteiger partial charge in [-0.25, -0.2) is 13.2 Å². The van der Waals surface area contributed by atoms with Crippen LogP contribution in [-0.4, -0.2) is 61.2 Å². The van der Waals surface area contributed by atoms with E-state index < -0.39 is 33.1 Å². The summed E-state index contributed by atoms with van der Waals surface area (Å²) in [6.07, 6.45) is -0.737. The van der Waals surface area contributed by atoms with E-state index in [-0.39, 0.29) is 43.7 Å². The molecule has 1 amide bonds. The number of carbonyl (C=O) groups is 2. The molecule has 31 heavy (non-hydrogen) atoms. The van der Waals surface area contributed by atoms with Crippen molar-refractivity contribution in [2.45, 2.75) is 17.6 Å². The van der Waals surface area contributed by atoms with E-state index in [1.807, 2.05) is 36.4 Å². The molecule has 0 aromatic heterocycles. The largest absolute Gasteiger partial charge is 0.481 e. The molecule has 162 valence electrons. The highest BCUT2D eigenvalue weighted by molar-refractivity contribution is 7.92. The van der Waals surface area contributed by atoms with Crippen molar-refractivity contribution in [3.63, 3.8) is 0 Å². The molecule has 3 aliphatic rings. The lowest BCUT2D eigenvalue weighted by atomic mass is 9.91. The number of carbonyl (C=O) groups excluding carboxylic acids is 1. The quantitative estimate of drug-likeness (QED) is 0.783. The van der Waals surface area contributed by atoms with Gasteiger partial charge in [-0.05, 0) is 34.1 Å². The third-order valence-electron chi connectivity index (χ3n) is 6.85. The molecule has 3 atom stereocenters. The van der Waals surface area contributed by atoms with Crippen molar-refractivity contribution in [3.8, 4) is 11.1 Å². The molecule has 0 radical (unpaired) electrons. The van der Waals surface area contributed by atoms with Crippen molar-refractivity contribution in [2.24, 2.45) is 11.8 Å². The van der Waals surface area contributed by atoms with Gasteiger partial charge in [0.05, 0.1) is 11.0 Å². The zero-order valence-electron chi connectivity index (χ0n) is 16.8. The van der Waals surface area contributed by atoms with Crippen LogP contribution < -0.4 is 0 Å². The first-order valence-corrected chi connectivity index (χ1v) is 12.1. The Kier molecular flexibility index (Phi) is 4.77. The monoisotopic (exact) mass is 441 g/mol. The molecule has 2 aromatic carbocycles. The standard InChI is InChI=1S/C23H23NO6S/c25-22(26)9-14-13-31(28,29)21-11-24(10-19(14)21)23(27)30-12-20-17-7-3-1-5-15(17)16-6-2-4-8-18(16)20/h1-8,14,19-21H,9-13H2,(H,25,26)/t14-,19+,21+/m1/s1. The summed E-state index contributed by atoms with van der Waals surface area (Å²) in [6.45, 7) is 0.461. The van der Waals surface area contributed by atoms with Crippen molar-refractivity contribution in [1.29, 1.82) is 0 Å². The average Bonchev–Trinajstić information content (AvgIpc) is 3.38. The third kappa shape index (κ3) is 3.39. The number of sulfone groups is 1. The summed E-state index contributed by atoms with van der Waals surface area (Å²) in [5.41, 5.74) is 4.49. The van der Waals surface area contributed by atoms with Gasteiger partial charge in [-0.15, -0.1) is 0 Å². The minimum atomic E-state index is -3.41. The first-order valence-electron chi connectivity index (χ1n) is 10.4. The number of benzene rings is 2. The van der Waals surface area contributed by atoms with Crippen molar-refractivity contribution in [2.75, 3.05) is 25.4 Å². The molecule has 2 saturated heterocycles. The van der Waals surface area contributed by atoms with E-state index >= 15 is 0 Å². The van der Waals surface area contributed by atoms with E-state index in [4.69, 9.17) is 9.84 Å². The van der Waals surface area contributed by atoms with E-state index in [9.17, 15) is 18.0 Å². The second-order valence-electron chi connectivity index (χ2n) is 8.60. The highest BCUT2D eigenvalue weighted by Crippen LogP contribution is 2.45. The van der Waals surface area contributed by atoms with E-state index in [0.717, 1.165) is 22.3 Å². The Balaban J connectivity index is 1.30. The lowest BCUT2D eigenvalue weighted by Gasteiger charge is -2.21. The molecule has 2 aromatic rings. The van der Waals surface area contributed by atoms with Crippen LogP contribution in [0, 0.1) is 11.8 Å². The highest BCUT2D eigenvalue weighted by Gasteiger charge is 2.53. The third-order valence-corrected chi connectivity index (χ3v) is 9.17. The second-order valence-corrected chi connectivity index (χ2v) is 10.9. The van der Waals surface area contributed by atoms with E-state index in [1.54, 1.807) is 0 Å². The molecular formula is C23H23NO6S. The van der Waals surface area contributed by atoms with E-state index in [0.29, 0.717) is 0 Å². The van der Waals surface area contributed by atoms with E-state index in [2.05, 4.69) is 12.1 Å². The highest BCUT2D eigenvalue weighted by atomic mass is 32.2. The molecule has 1 N–H and O–H groups in total.